The van der Waals surface area contributed by atoms with Crippen LogP contribution in [0.25, 0.3) is 10.1 Å². The Bertz CT molecular complexity index is 949. The van der Waals surface area contributed by atoms with Gasteiger partial charge in [0.25, 0.3) is 5.91 Å². The second-order valence-corrected chi connectivity index (χ2v) is 9.27. The molecule has 168 valence electrons. The van der Waals surface area contributed by atoms with Crippen molar-refractivity contribution < 1.29 is 19.1 Å². The zero-order valence-electron chi connectivity index (χ0n) is 17.7. The van der Waals surface area contributed by atoms with E-state index in [4.69, 9.17) is 20.9 Å². The van der Waals surface area contributed by atoms with Crippen molar-refractivity contribution in [3.05, 3.63) is 22.6 Å². The molecule has 0 atom stereocenters. The molecule has 1 aliphatic carbocycles. The number of fused-ring (bicyclic) bond motifs is 1. The van der Waals surface area contributed by atoms with E-state index in [1.54, 1.807) is 4.90 Å². The van der Waals surface area contributed by atoms with Crippen LogP contribution in [0.1, 0.15) is 40.9 Å². The topological polar surface area (TPSA) is 120 Å². The SMILES string of the molecule is NC(=O)c1sc2cc(CCNC(=O)N3CCOCC3)cc(OCC3CCCC3)c2c1N. The smallest absolute Gasteiger partial charge is 0.317 e. The van der Waals surface area contributed by atoms with Crippen LogP contribution in [0.5, 0.6) is 5.75 Å². The first-order valence-corrected chi connectivity index (χ1v) is 11.7. The lowest BCUT2D eigenvalue weighted by Gasteiger charge is -2.26. The maximum atomic E-state index is 12.3. The molecular weight excluding hydrogens is 416 g/mol. The van der Waals surface area contributed by atoms with Gasteiger partial charge in [-0.15, -0.1) is 11.3 Å². The third-order valence-electron chi connectivity index (χ3n) is 6.01. The standard InChI is InChI=1S/C22H30N4O4S/c23-19-18-16(30-13-14-3-1-2-4-14)11-15(12-17(18)31-20(19)21(24)27)5-6-25-22(28)26-7-9-29-10-8-26/h11-12,14H,1-10,13,23H2,(H2,24,27)(H,25,28). The molecule has 1 aliphatic heterocycles. The number of nitrogens with two attached hydrogens (primary N) is 2. The summed E-state index contributed by atoms with van der Waals surface area (Å²) in [4.78, 5) is 26.2. The summed E-state index contributed by atoms with van der Waals surface area (Å²) in [5, 5.41) is 3.74. The Hall–Kier alpha value is -2.52. The van der Waals surface area contributed by atoms with E-state index in [9.17, 15) is 9.59 Å². The largest absolute Gasteiger partial charge is 0.493 e. The van der Waals surface area contributed by atoms with E-state index in [1.165, 1.54) is 37.0 Å². The molecule has 3 amide bonds. The predicted octanol–water partition coefficient (Wildman–Crippen LogP) is 2.74. The van der Waals surface area contributed by atoms with E-state index in [1.807, 2.05) is 12.1 Å². The van der Waals surface area contributed by atoms with E-state index >= 15 is 0 Å². The number of primary amides is 1. The van der Waals surface area contributed by atoms with Crippen LogP contribution >= 0.6 is 11.3 Å². The highest BCUT2D eigenvalue weighted by Gasteiger charge is 2.21. The number of anilines is 1. The third kappa shape index (κ3) is 5.04. The van der Waals surface area contributed by atoms with Gasteiger partial charge < -0.3 is 31.2 Å². The molecule has 1 aromatic heterocycles. The van der Waals surface area contributed by atoms with Gasteiger partial charge in [0.1, 0.15) is 10.6 Å². The number of urea groups is 1. The molecule has 0 spiro atoms. The van der Waals surface area contributed by atoms with Crippen LogP contribution in [-0.2, 0) is 11.2 Å². The number of nitrogens with one attached hydrogen (secondary N) is 1. The van der Waals surface area contributed by atoms with Crippen LogP contribution in [0, 0.1) is 5.92 Å². The second-order valence-electron chi connectivity index (χ2n) is 8.22. The van der Waals surface area contributed by atoms with E-state index in [0.29, 0.717) is 68.1 Å². The number of amides is 3. The maximum Gasteiger partial charge on any atom is 0.317 e. The molecule has 4 rings (SSSR count). The van der Waals surface area contributed by atoms with Crippen molar-refractivity contribution in [2.75, 3.05) is 45.2 Å². The number of hydrogen-bond donors (Lipinski definition) is 3. The van der Waals surface area contributed by atoms with E-state index in [2.05, 4.69) is 5.32 Å². The van der Waals surface area contributed by atoms with Gasteiger partial charge in [-0.3, -0.25) is 4.79 Å². The lowest BCUT2D eigenvalue weighted by molar-refractivity contribution is 0.0533. The maximum absolute atomic E-state index is 12.3. The van der Waals surface area contributed by atoms with Crippen LogP contribution in [-0.4, -0.2) is 56.3 Å². The normalized spacial score (nSPS) is 17.2. The zero-order chi connectivity index (χ0) is 21.8. The van der Waals surface area contributed by atoms with Gasteiger partial charge in [-0.2, -0.15) is 0 Å². The molecule has 0 radical (unpaired) electrons. The Kier molecular flexibility index (Phi) is 6.82. The van der Waals surface area contributed by atoms with Crippen LogP contribution in [0.4, 0.5) is 10.5 Å². The van der Waals surface area contributed by atoms with E-state index in [0.717, 1.165) is 15.6 Å². The van der Waals surface area contributed by atoms with Gasteiger partial charge in [-0.25, -0.2) is 4.79 Å². The Balaban J connectivity index is 1.49. The lowest BCUT2D eigenvalue weighted by atomic mass is 10.1. The summed E-state index contributed by atoms with van der Waals surface area (Å²) in [6.07, 6.45) is 5.51. The molecule has 0 bridgehead atoms. The average molecular weight is 447 g/mol. The summed E-state index contributed by atoms with van der Waals surface area (Å²) in [5.41, 5.74) is 13.2. The summed E-state index contributed by atoms with van der Waals surface area (Å²) in [6, 6.07) is 3.91. The molecule has 5 N–H and O–H groups in total. The lowest BCUT2D eigenvalue weighted by Crippen LogP contribution is -2.46. The fourth-order valence-corrected chi connectivity index (χ4v) is 5.34. The van der Waals surface area contributed by atoms with Crippen molar-refractivity contribution >= 4 is 39.0 Å². The summed E-state index contributed by atoms with van der Waals surface area (Å²) < 4.78 is 12.4. The molecule has 1 saturated carbocycles. The van der Waals surface area contributed by atoms with Gasteiger partial charge >= 0.3 is 6.03 Å². The van der Waals surface area contributed by atoms with Crippen molar-refractivity contribution in [2.24, 2.45) is 11.7 Å². The molecule has 31 heavy (non-hydrogen) atoms. The van der Waals surface area contributed by atoms with E-state index < -0.39 is 5.91 Å². The number of nitrogens with zero attached hydrogens (tertiary/aromatic N) is 1. The Morgan fingerprint density at radius 3 is 2.68 bits per heavy atom. The highest BCUT2D eigenvalue weighted by atomic mass is 32.1. The Morgan fingerprint density at radius 2 is 1.97 bits per heavy atom. The highest BCUT2D eigenvalue weighted by Crippen LogP contribution is 2.41. The first-order valence-electron chi connectivity index (χ1n) is 10.9. The van der Waals surface area contributed by atoms with Gasteiger partial charge in [0.05, 0.1) is 30.9 Å². The average Bonchev–Trinajstić information content (AvgIpc) is 3.40. The third-order valence-corrected chi connectivity index (χ3v) is 7.18. The molecule has 8 nitrogen and oxygen atoms in total. The van der Waals surface area contributed by atoms with Gasteiger partial charge in [-0.05, 0) is 42.9 Å². The minimum atomic E-state index is -0.528. The molecule has 2 fully saturated rings. The number of nitrogen functional groups attached to an aromatic ring is 1. The Morgan fingerprint density at radius 1 is 1.23 bits per heavy atom. The van der Waals surface area contributed by atoms with Crippen LogP contribution in [0.2, 0.25) is 0 Å². The number of carbonyl (C=O) groups is 2. The molecule has 0 unspecified atom stereocenters. The van der Waals surface area contributed by atoms with Crippen LogP contribution in [0.3, 0.4) is 0 Å². The van der Waals surface area contributed by atoms with Crippen molar-refractivity contribution in [2.45, 2.75) is 32.1 Å². The van der Waals surface area contributed by atoms with Gasteiger partial charge in [0, 0.05) is 24.3 Å². The van der Waals surface area contributed by atoms with Crippen LogP contribution in [0.15, 0.2) is 12.1 Å². The number of carbonyl (C=O) groups excluding carboxylic acids is 2. The van der Waals surface area contributed by atoms with Gasteiger partial charge in [0.15, 0.2) is 0 Å². The number of hydrogen-bond acceptors (Lipinski definition) is 6. The minimum Gasteiger partial charge on any atom is -0.493 e. The number of benzene rings is 1. The highest BCUT2D eigenvalue weighted by molar-refractivity contribution is 7.21. The minimum absolute atomic E-state index is 0.0709. The molecule has 9 heteroatoms. The first kappa shape index (κ1) is 21.7. The first-order chi connectivity index (χ1) is 15.0. The van der Waals surface area contributed by atoms with Crippen molar-refractivity contribution in [3.63, 3.8) is 0 Å². The molecule has 2 aliphatic rings. The van der Waals surface area contributed by atoms with Crippen molar-refractivity contribution in [3.8, 4) is 5.75 Å². The molecule has 2 aromatic rings. The van der Waals surface area contributed by atoms with Gasteiger partial charge in [-0.1, -0.05) is 12.8 Å². The predicted molar refractivity (Wildman–Crippen MR) is 122 cm³/mol. The number of rotatable bonds is 7. The van der Waals surface area contributed by atoms with Crippen molar-refractivity contribution in [1.29, 1.82) is 0 Å². The fraction of sp³-hybridized carbons (Fsp3) is 0.545. The fourth-order valence-electron chi connectivity index (χ4n) is 4.29. The van der Waals surface area contributed by atoms with Crippen molar-refractivity contribution in [1.82, 2.24) is 10.2 Å². The molecule has 2 heterocycles. The number of morpholine rings is 1. The second kappa shape index (κ2) is 9.74. The van der Waals surface area contributed by atoms with Crippen LogP contribution < -0.4 is 21.5 Å². The van der Waals surface area contributed by atoms with Gasteiger partial charge in [0.2, 0.25) is 0 Å². The van der Waals surface area contributed by atoms with E-state index in [-0.39, 0.29) is 6.03 Å². The summed E-state index contributed by atoms with van der Waals surface area (Å²) in [7, 11) is 0. The number of ether oxygens (including phenoxy) is 2. The molecule has 1 saturated heterocycles. The quantitative estimate of drug-likeness (QED) is 0.604. The Labute approximate surface area is 185 Å². The summed E-state index contributed by atoms with van der Waals surface area (Å²) in [5.74, 6) is 0.724. The summed E-state index contributed by atoms with van der Waals surface area (Å²) >= 11 is 1.29. The number of thiophene rings is 1. The monoisotopic (exact) mass is 446 g/mol. The zero-order valence-corrected chi connectivity index (χ0v) is 18.5. The molecule has 1 aromatic carbocycles. The molecular formula is C22H30N4O4S. The summed E-state index contributed by atoms with van der Waals surface area (Å²) in [6.45, 7) is 3.53.